The third kappa shape index (κ3) is 2.91. The highest BCUT2D eigenvalue weighted by Crippen LogP contribution is 2.46. The number of hydrogen-bond donors (Lipinski definition) is 2. The van der Waals surface area contributed by atoms with Crippen molar-refractivity contribution in [3.63, 3.8) is 0 Å². The van der Waals surface area contributed by atoms with E-state index in [1.54, 1.807) is 18.2 Å². The molecule has 2 atom stereocenters. The number of carbonyl (C=O) groups excluding carboxylic acids is 1. The monoisotopic (exact) mass is 381 g/mol. The van der Waals surface area contributed by atoms with Crippen molar-refractivity contribution in [1.82, 2.24) is 4.90 Å². The molecule has 0 bridgehead atoms. The van der Waals surface area contributed by atoms with Crippen molar-refractivity contribution >= 4 is 21.7 Å². The lowest BCUT2D eigenvalue weighted by Crippen LogP contribution is -2.56. The molecule has 1 aliphatic heterocycles. The third-order valence-corrected chi connectivity index (χ3v) is 8.09. The number of carbonyl (C=O) groups is 2. The van der Waals surface area contributed by atoms with E-state index < -0.39 is 38.5 Å². The summed E-state index contributed by atoms with van der Waals surface area (Å²) in [6.07, 6.45) is 0.891. The van der Waals surface area contributed by atoms with Gasteiger partial charge in [0, 0.05) is 13.1 Å². The second kappa shape index (κ2) is 7.00. The first-order chi connectivity index (χ1) is 12.3. The SMILES string of the molecule is O=C([C@H]1CCC[C@@]1(C(=O)O)S(=O)(=O)c1ccccc1)N1CCC(O)CC1. The van der Waals surface area contributed by atoms with Gasteiger partial charge >= 0.3 is 5.97 Å². The Hall–Kier alpha value is -1.93. The molecule has 1 saturated carbocycles. The molecule has 0 aromatic heterocycles. The predicted octanol–water partition coefficient (Wildman–Crippen LogP) is 1.07. The van der Waals surface area contributed by atoms with Crippen LogP contribution < -0.4 is 0 Å². The van der Waals surface area contributed by atoms with Gasteiger partial charge in [-0.3, -0.25) is 9.59 Å². The molecule has 2 aliphatic rings. The Morgan fingerprint density at radius 3 is 2.27 bits per heavy atom. The highest BCUT2D eigenvalue weighted by atomic mass is 32.2. The van der Waals surface area contributed by atoms with Gasteiger partial charge in [-0.2, -0.15) is 0 Å². The summed E-state index contributed by atoms with van der Waals surface area (Å²) < 4.78 is 24.4. The van der Waals surface area contributed by atoms with E-state index in [0.717, 1.165) is 0 Å². The van der Waals surface area contributed by atoms with Crippen molar-refractivity contribution in [3.8, 4) is 0 Å². The summed E-state index contributed by atoms with van der Waals surface area (Å²) in [6, 6.07) is 7.48. The minimum Gasteiger partial charge on any atom is -0.480 e. The number of hydrogen-bond acceptors (Lipinski definition) is 5. The Morgan fingerprint density at radius 2 is 1.69 bits per heavy atom. The van der Waals surface area contributed by atoms with E-state index in [9.17, 15) is 28.2 Å². The molecule has 1 aromatic rings. The Morgan fingerprint density at radius 1 is 1.08 bits per heavy atom. The predicted molar refractivity (Wildman–Crippen MR) is 93.2 cm³/mol. The van der Waals surface area contributed by atoms with Crippen molar-refractivity contribution in [2.24, 2.45) is 5.92 Å². The molecule has 1 saturated heterocycles. The minimum atomic E-state index is -4.24. The lowest BCUT2D eigenvalue weighted by Gasteiger charge is -2.36. The van der Waals surface area contributed by atoms with Crippen LogP contribution in [-0.2, 0) is 19.4 Å². The Bertz CT molecular complexity index is 785. The van der Waals surface area contributed by atoms with Crippen LogP contribution in [0.15, 0.2) is 35.2 Å². The summed E-state index contributed by atoms with van der Waals surface area (Å²) in [7, 11) is -4.24. The van der Waals surface area contributed by atoms with Gasteiger partial charge in [-0.1, -0.05) is 24.6 Å². The first-order valence-electron chi connectivity index (χ1n) is 8.80. The van der Waals surface area contributed by atoms with Crippen LogP contribution in [0.4, 0.5) is 0 Å². The molecule has 1 aromatic carbocycles. The van der Waals surface area contributed by atoms with Crippen LogP contribution in [0, 0.1) is 5.92 Å². The van der Waals surface area contributed by atoms with Gasteiger partial charge in [0.05, 0.1) is 16.9 Å². The topological polar surface area (TPSA) is 112 Å². The lowest BCUT2D eigenvalue weighted by atomic mass is 9.92. The van der Waals surface area contributed by atoms with E-state index in [0.29, 0.717) is 32.4 Å². The van der Waals surface area contributed by atoms with E-state index in [2.05, 4.69) is 0 Å². The normalized spacial score (nSPS) is 27.4. The molecule has 1 heterocycles. The second-order valence-electron chi connectivity index (χ2n) is 7.01. The molecule has 2 fully saturated rings. The van der Waals surface area contributed by atoms with Crippen LogP contribution in [-0.4, -0.2) is 59.3 Å². The number of rotatable bonds is 4. The maximum atomic E-state index is 13.3. The Kier molecular flexibility index (Phi) is 5.07. The molecule has 0 radical (unpaired) electrons. The van der Waals surface area contributed by atoms with E-state index in [1.807, 2.05) is 0 Å². The Balaban J connectivity index is 2.00. The maximum Gasteiger partial charge on any atom is 0.326 e. The molecule has 1 aliphatic carbocycles. The number of sulfone groups is 1. The molecule has 1 amide bonds. The smallest absolute Gasteiger partial charge is 0.326 e. The lowest BCUT2D eigenvalue weighted by molar-refractivity contribution is -0.148. The number of benzene rings is 1. The van der Waals surface area contributed by atoms with Crippen LogP contribution >= 0.6 is 0 Å². The van der Waals surface area contributed by atoms with Crippen LogP contribution in [0.5, 0.6) is 0 Å². The zero-order valence-corrected chi connectivity index (χ0v) is 15.2. The molecule has 142 valence electrons. The Labute approximate surface area is 152 Å². The molecular weight excluding hydrogens is 358 g/mol. The summed E-state index contributed by atoms with van der Waals surface area (Å²) in [5, 5.41) is 19.5. The number of nitrogens with zero attached hydrogens (tertiary/aromatic N) is 1. The molecular formula is C18H23NO6S. The van der Waals surface area contributed by atoms with E-state index in [1.165, 1.54) is 17.0 Å². The van der Waals surface area contributed by atoms with Crippen LogP contribution in [0.2, 0.25) is 0 Å². The standard InChI is InChI=1S/C18H23NO6S/c20-13-8-11-19(12-9-13)16(21)15-7-4-10-18(15,17(22)23)26(24,25)14-5-2-1-3-6-14/h1-3,5-6,13,15,20H,4,7-12H2,(H,22,23)/t15-,18-/m1/s1. The first-order valence-corrected chi connectivity index (χ1v) is 10.3. The fraction of sp³-hybridized carbons (Fsp3) is 0.556. The summed E-state index contributed by atoms with van der Waals surface area (Å²) in [6.45, 7) is 0.634. The first kappa shape index (κ1) is 18.8. The minimum absolute atomic E-state index is 0.0730. The van der Waals surface area contributed by atoms with Crippen LogP contribution in [0.25, 0.3) is 0 Å². The van der Waals surface area contributed by atoms with Crippen molar-refractivity contribution in [1.29, 1.82) is 0 Å². The van der Waals surface area contributed by atoms with Crippen LogP contribution in [0.1, 0.15) is 32.1 Å². The fourth-order valence-corrected chi connectivity index (χ4v) is 6.28. The number of aliphatic carboxylic acids is 1. The average Bonchev–Trinajstić information content (AvgIpc) is 3.09. The summed E-state index contributed by atoms with van der Waals surface area (Å²) in [5.41, 5.74) is 0. The number of piperidine rings is 1. The summed E-state index contributed by atoms with van der Waals surface area (Å²) >= 11 is 0. The maximum absolute atomic E-state index is 13.3. The zero-order chi connectivity index (χ0) is 18.9. The van der Waals surface area contributed by atoms with E-state index in [4.69, 9.17) is 0 Å². The van der Waals surface area contributed by atoms with Gasteiger partial charge in [0.2, 0.25) is 5.91 Å². The molecule has 2 N–H and O–H groups in total. The molecule has 0 unspecified atom stereocenters. The highest BCUT2D eigenvalue weighted by Gasteiger charge is 2.62. The fourth-order valence-electron chi connectivity index (χ4n) is 4.11. The third-order valence-electron chi connectivity index (χ3n) is 5.57. The van der Waals surface area contributed by atoms with Crippen molar-refractivity contribution < 1.29 is 28.2 Å². The van der Waals surface area contributed by atoms with Crippen LogP contribution in [0.3, 0.4) is 0 Å². The van der Waals surface area contributed by atoms with Gasteiger partial charge < -0.3 is 15.1 Å². The summed E-state index contributed by atoms with van der Waals surface area (Å²) in [5.74, 6) is -3.01. The van der Waals surface area contributed by atoms with Gasteiger partial charge in [0.1, 0.15) is 0 Å². The van der Waals surface area contributed by atoms with Crippen molar-refractivity contribution in [2.45, 2.75) is 47.9 Å². The molecule has 8 heteroatoms. The molecule has 3 rings (SSSR count). The van der Waals surface area contributed by atoms with Gasteiger partial charge in [0.25, 0.3) is 0 Å². The van der Waals surface area contributed by atoms with Gasteiger partial charge in [-0.25, -0.2) is 8.42 Å². The van der Waals surface area contributed by atoms with E-state index >= 15 is 0 Å². The number of aliphatic hydroxyl groups excluding tert-OH is 1. The average molecular weight is 381 g/mol. The van der Waals surface area contributed by atoms with Gasteiger partial charge in [0.15, 0.2) is 14.6 Å². The molecule has 0 spiro atoms. The molecule has 26 heavy (non-hydrogen) atoms. The van der Waals surface area contributed by atoms with Crippen molar-refractivity contribution in [3.05, 3.63) is 30.3 Å². The second-order valence-corrected chi connectivity index (χ2v) is 9.22. The quantitative estimate of drug-likeness (QED) is 0.807. The number of carboxylic acids is 1. The zero-order valence-electron chi connectivity index (χ0n) is 14.4. The number of aliphatic hydroxyl groups is 1. The molecule has 7 nitrogen and oxygen atoms in total. The van der Waals surface area contributed by atoms with Gasteiger partial charge in [-0.15, -0.1) is 0 Å². The number of amides is 1. The number of likely N-dealkylation sites (tertiary alicyclic amines) is 1. The highest BCUT2D eigenvalue weighted by molar-refractivity contribution is 7.93. The van der Waals surface area contributed by atoms with Gasteiger partial charge in [-0.05, 0) is 37.8 Å². The largest absolute Gasteiger partial charge is 0.480 e. The summed E-state index contributed by atoms with van der Waals surface area (Å²) in [4.78, 5) is 26.7. The van der Waals surface area contributed by atoms with E-state index in [-0.39, 0.29) is 17.7 Å². The van der Waals surface area contributed by atoms with Crippen molar-refractivity contribution in [2.75, 3.05) is 13.1 Å². The number of carboxylic acid groups (broad SMARTS) is 1.